The third kappa shape index (κ3) is 1.17. The number of carbonyl (C=O) groups is 1. The van der Waals surface area contributed by atoms with Crippen LogP contribution < -0.4 is 4.74 Å². The number of hydrogen-bond acceptors (Lipinski definition) is 3. The van der Waals surface area contributed by atoms with Gasteiger partial charge in [-0.05, 0) is 12.1 Å². The number of furan rings is 1. The monoisotopic (exact) mass is 210 g/mol. The van der Waals surface area contributed by atoms with Gasteiger partial charge in [0.25, 0.3) is 5.95 Å². The van der Waals surface area contributed by atoms with Gasteiger partial charge in [0.05, 0.1) is 17.5 Å². The van der Waals surface area contributed by atoms with E-state index in [1.807, 2.05) is 0 Å². The molecular weight excluding hydrogens is 204 g/mol. The minimum Gasteiger partial charge on any atom is -0.468 e. The summed E-state index contributed by atoms with van der Waals surface area (Å²) in [4.78, 5) is 10.8. The smallest absolute Gasteiger partial charge is 0.296 e. The lowest BCUT2D eigenvalue weighted by atomic mass is 10.2. The minimum atomic E-state index is 0.197. The first-order valence-electron chi connectivity index (χ1n) is 3.98. The second-order valence-electron chi connectivity index (χ2n) is 2.74. The highest BCUT2D eigenvalue weighted by Gasteiger charge is 2.16. The number of halogens is 1. The van der Waals surface area contributed by atoms with Gasteiger partial charge in [0.15, 0.2) is 6.29 Å². The van der Waals surface area contributed by atoms with Crippen molar-refractivity contribution < 1.29 is 13.9 Å². The summed E-state index contributed by atoms with van der Waals surface area (Å²) in [6.45, 7) is 0. The molecule has 0 bridgehead atoms. The van der Waals surface area contributed by atoms with Crippen LogP contribution in [0.5, 0.6) is 5.95 Å². The summed E-state index contributed by atoms with van der Waals surface area (Å²) in [7, 11) is 1.44. The lowest BCUT2D eigenvalue weighted by Gasteiger charge is -1.92. The van der Waals surface area contributed by atoms with Crippen LogP contribution in [-0.4, -0.2) is 13.4 Å². The van der Waals surface area contributed by atoms with Gasteiger partial charge in [-0.2, -0.15) is 0 Å². The molecule has 4 heteroatoms. The fourth-order valence-corrected chi connectivity index (χ4v) is 1.63. The van der Waals surface area contributed by atoms with E-state index in [2.05, 4.69) is 0 Å². The zero-order chi connectivity index (χ0) is 10.1. The lowest BCUT2D eigenvalue weighted by molar-refractivity contribution is 0.111. The summed E-state index contributed by atoms with van der Waals surface area (Å²) in [6, 6.07) is 5.19. The zero-order valence-corrected chi connectivity index (χ0v) is 8.17. The fourth-order valence-electron chi connectivity index (χ4n) is 1.37. The molecule has 0 spiro atoms. The highest BCUT2D eigenvalue weighted by atomic mass is 35.5. The van der Waals surface area contributed by atoms with E-state index in [-0.39, 0.29) is 5.95 Å². The maximum atomic E-state index is 10.8. The van der Waals surface area contributed by atoms with Gasteiger partial charge >= 0.3 is 0 Å². The second-order valence-corrected chi connectivity index (χ2v) is 3.15. The lowest BCUT2D eigenvalue weighted by Crippen LogP contribution is -1.85. The fraction of sp³-hybridized carbons (Fsp3) is 0.100. The predicted molar refractivity (Wildman–Crippen MR) is 53.2 cm³/mol. The van der Waals surface area contributed by atoms with Gasteiger partial charge in [0.2, 0.25) is 0 Å². The normalized spacial score (nSPS) is 10.4. The van der Waals surface area contributed by atoms with Crippen LogP contribution in [0.4, 0.5) is 0 Å². The molecule has 1 heterocycles. The molecule has 0 aliphatic rings. The molecule has 0 radical (unpaired) electrons. The van der Waals surface area contributed by atoms with Crippen LogP contribution in [0.1, 0.15) is 10.4 Å². The molecule has 0 amide bonds. The number of benzene rings is 1. The van der Waals surface area contributed by atoms with Crippen LogP contribution in [0, 0.1) is 0 Å². The topological polar surface area (TPSA) is 39.4 Å². The maximum absolute atomic E-state index is 10.8. The van der Waals surface area contributed by atoms with E-state index in [0.29, 0.717) is 27.8 Å². The number of fused-ring (bicyclic) bond motifs is 1. The molecule has 72 valence electrons. The number of aldehydes is 1. The quantitative estimate of drug-likeness (QED) is 0.716. The van der Waals surface area contributed by atoms with Crippen molar-refractivity contribution in [1.29, 1.82) is 0 Å². The first-order chi connectivity index (χ1) is 6.77. The first kappa shape index (κ1) is 9.09. The first-order valence-corrected chi connectivity index (χ1v) is 4.36. The van der Waals surface area contributed by atoms with Gasteiger partial charge in [-0.3, -0.25) is 4.79 Å². The predicted octanol–water partition coefficient (Wildman–Crippen LogP) is 2.91. The van der Waals surface area contributed by atoms with Crippen LogP contribution >= 0.6 is 11.6 Å². The van der Waals surface area contributed by atoms with Gasteiger partial charge in [0, 0.05) is 0 Å². The summed E-state index contributed by atoms with van der Waals surface area (Å²) in [5.41, 5.74) is 0.907. The Morgan fingerprint density at radius 3 is 2.93 bits per heavy atom. The molecule has 2 rings (SSSR count). The van der Waals surface area contributed by atoms with Crippen molar-refractivity contribution in [2.24, 2.45) is 0 Å². The van der Waals surface area contributed by atoms with E-state index in [1.54, 1.807) is 18.2 Å². The van der Waals surface area contributed by atoms with E-state index < -0.39 is 0 Å². The van der Waals surface area contributed by atoms with Crippen molar-refractivity contribution in [3.05, 3.63) is 28.8 Å². The largest absolute Gasteiger partial charge is 0.468 e. The molecule has 0 aliphatic heterocycles. The van der Waals surface area contributed by atoms with Crippen molar-refractivity contribution >= 4 is 28.9 Å². The second kappa shape index (κ2) is 3.35. The SMILES string of the molecule is COc1oc2cccc(Cl)c2c1C=O. The van der Waals surface area contributed by atoms with Crippen LogP contribution in [0.2, 0.25) is 5.02 Å². The highest BCUT2D eigenvalue weighted by molar-refractivity contribution is 6.36. The molecule has 0 aliphatic carbocycles. The Labute approximate surface area is 85.2 Å². The van der Waals surface area contributed by atoms with Crippen molar-refractivity contribution in [2.45, 2.75) is 0 Å². The number of ether oxygens (including phenoxy) is 1. The Balaban J connectivity index is 2.88. The van der Waals surface area contributed by atoms with Crippen LogP contribution in [0.25, 0.3) is 11.0 Å². The minimum absolute atomic E-state index is 0.197. The summed E-state index contributed by atoms with van der Waals surface area (Å²) in [5, 5.41) is 1.08. The number of methoxy groups -OCH3 is 1. The van der Waals surface area contributed by atoms with Crippen molar-refractivity contribution in [1.82, 2.24) is 0 Å². The van der Waals surface area contributed by atoms with Crippen LogP contribution in [-0.2, 0) is 0 Å². The van der Waals surface area contributed by atoms with E-state index in [9.17, 15) is 4.79 Å². The van der Waals surface area contributed by atoms with Gasteiger partial charge in [-0.15, -0.1) is 0 Å². The molecule has 0 N–H and O–H groups in total. The Bertz CT molecular complexity index is 487. The van der Waals surface area contributed by atoms with E-state index in [4.69, 9.17) is 20.8 Å². The summed E-state index contributed by atoms with van der Waals surface area (Å²) in [6.07, 6.45) is 0.677. The molecule has 1 aromatic heterocycles. The molecule has 2 aromatic rings. The maximum Gasteiger partial charge on any atom is 0.296 e. The molecule has 0 saturated heterocycles. The van der Waals surface area contributed by atoms with Crippen molar-refractivity contribution in [3.8, 4) is 5.95 Å². The molecule has 1 aromatic carbocycles. The number of hydrogen-bond donors (Lipinski definition) is 0. The zero-order valence-electron chi connectivity index (χ0n) is 7.41. The summed E-state index contributed by atoms with van der Waals surface area (Å²) in [5.74, 6) is 0.197. The van der Waals surface area contributed by atoms with Gasteiger partial charge < -0.3 is 9.15 Å². The van der Waals surface area contributed by atoms with Crippen molar-refractivity contribution in [3.63, 3.8) is 0 Å². The molecule has 0 atom stereocenters. The van der Waals surface area contributed by atoms with E-state index in [1.165, 1.54) is 7.11 Å². The number of rotatable bonds is 2. The third-order valence-electron chi connectivity index (χ3n) is 1.97. The molecule has 14 heavy (non-hydrogen) atoms. The van der Waals surface area contributed by atoms with Crippen LogP contribution in [0.15, 0.2) is 22.6 Å². The molecular formula is C10H7ClO3. The average molecular weight is 211 g/mol. The Hall–Kier alpha value is -1.48. The third-order valence-corrected chi connectivity index (χ3v) is 2.29. The van der Waals surface area contributed by atoms with Gasteiger partial charge in [-0.25, -0.2) is 0 Å². The number of carbonyl (C=O) groups excluding carboxylic acids is 1. The van der Waals surface area contributed by atoms with Crippen molar-refractivity contribution in [2.75, 3.05) is 7.11 Å². The standard InChI is InChI=1S/C10H7ClO3/c1-13-10-6(5-12)9-7(11)3-2-4-8(9)14-10/h2-5H,1H3. The molecule has 0 unspecified atom stereocenters. The van der Waals surface area contributed by atoms with Gasteiger partial charge in [0.1, 0.15) is 11.1 Å². The van der Waals surface area contributed by atoms with Gasteiger partial charge in [-0.1, -0.05) is 17.7 Å². The molecule has 0 fully saturated rings. The van der Waals surface area contributed by atoms with E-state index in [0.717, 1.165) is 0 Å². The molecule has 0 saturated carbocycles. The molecule has 3 nitrogen and oxygen atoms in total. The average Bonchev–Trinajstić information content (AvgIpc) is 2.56. The van der Waals surface area contributed by atoms with Crippen LogP contribution in [0.3, 0.4) is 0 Å². The van der Waals surface area contributed by atoms with E-state index >= 15 is 0 Å². The Morgan fingerprint density at radius 2 is 2.29 bits per heavy atom. The Kier molecular flexibility index (Phi) is 2.17. The highest BCUT2D eigenvalue weighted by Crippen LogP contribution is 2.34. The Morgan fingerprint density at radius 1 is 1.50 bits per heavy atom. The summed E-state index contributed by atoms with van der Waals surface area (Å²) >= 11 is 5.94. The summed E-state index contributed by atoms with van der Waals surface area (Å²) < 4.78 is 10.2.